The second kappa shape index (κ2) is 2.71. The maximum absolute atomic E-state index is 11.8. The minimum absolute atomic E-state index is 0.357. The normalized spacial score (nSPS) is 38.0. The van der Waals surface area contributed by atoms with Gasteiger partial charge in [0.15, 0.2) is 0 Å². The van der Waals surface area contributed by atoms with E-state index < -0.39 is 0 Å². The number of likely N-dealkylation sites (tertiary alicyclic amines) is 1. The predicted octanol–water partition coefficient (Wildman–Crippen LogP) is 0.786. The summed E-state index contributed by atoms with van der Waals surface area (Å²) < 4.78 is 5.40. The van der Waals surface area contributed by atoms with Gasteiger partial charge >= 0.3 is 0 Å². The van der Waals surface area contributed by atoms with Crippen LogP contribution in [0.5, 0.6) is 0 Å². The molecule has 0 spiro atoms. The molecule has 2 aliphatic heterocycles. The smallest absolute Gasteiger partial charge is 0.225 e. The van der Waals surface area contributed by atoms with Gasteiger partial charge in [-0.1, -0.05) is 6.42 Å². The fourth-order valence-corrected chi connectivity index (χ4v) is 2.30. The highest BCUT2D eigenvalue weighted by Gasteiger charge is 2.45. The van der Waals surface area contributed by atoms with E-state index in [0.717, 1.165) is 32.4 Å². The molecule has 2 saturated heterocycles. The number of hydrogen-bond donors (Lipinski definition) is 0. The third-order valence-electron chi connectivity index (χ3n) is 3.54. The number of amides is 1. The van der Waals surface area contributed by atoms with Crippen molar-refractivity contribution >= 4 is 5.91 Å². The van der Waals surface area contributed by atoms with Gasteiger partial charge in [0.1, 0.15) is 6.10 Å². The predicted molar refractivity (Wildman–Crippen MR) is 47.2 cm³/mol. The second-order valence-electron chi connectivity index (χ2n) is 4.41. The Bertz CT molecular complexity index is 237. The molecule has 72 valence electrons. The fourth-order valence-electron chi connectivity index (χ4n) is 2.30. The van der Waals surface area contributed by atoms with E-state index in [-0.39, 0.29) is 0 Å². The summed E-state index contributed by atoms with van der Waals surface area (Å²) in [5.41, 5.74) is 0. The first-order valence-corrected chi connectivity index (χ1v) is 5.29. The van der Waals surface area contributed by atoms with Gasteiger partial charge < -0.3 is 9.64 Å². The molecular weight excluding hydrogens is 166 g/mol. The number of carbonyl (C=O) groups excluding carboxylic acids is 1. The Labute approximate surface area is 78.0 Å². The quantitative estimate of drug-likeness (QED) is 0.560. The number of rotatable bonds is 1. The van der Waals surface area contributed by atoms with Crippen LogP contribution in [0.2, 0.25) is 0 Å². The Kier molecular flexibility index (Phi) is 1.62. The first kappa shape index (κ1) is 7.80. The number of nitrogens with zero attached hydrogens (tertiary/aromatic N) is 1. The molecule has 1 saturated carbocycles. The van der Waals surface area contributed by atoms with Gasteiger partial charge in [0, 0.05) is 19.0 Å². The summed E-state index contributed by atoms with van der Waals surface area (Å²) in [4.78, 5) is 13.8. The number of fused-ring (bicyclic) bond motifs is 1. The second-order valence-corrected chi connectivity index (χ2v) is 4.41. The summed E-state index contributed by atoms with van der Waals surface area (Å²) in [5.74, 6) is 0.746. The molecule has 13 heavy (non-hydrogen) atoms. The molecule has 0 aromatic heterocycles. The molecule has 0 aromatic rings. The maximum Gasteiger partial charge on any atom is 0.225 e. The molecule has 3 rings (SSSR count). The van der Waals surface area contributed by atoms with Crippen LogP contribution in [0.25, 0.3) is 0 Å². The highest BCUT2D eigenvalue weighted by atomic mass is 16.6. The van der Waals surface area contributed by atoms with Crippen LogP contribution >= 0.6 is 0 Å². The van der Waals surface area contributed by atoms with Gasteiger partial charge in [0.05, 0.1) is 6.10 Å². The highest BCUT2D eigenvalue weighted by molar-refractivity contribution is 5.79. The zero-order chi connectivity index (χ0) is 8.84. The fraction of sp³-hybridized carbons (Fsp3) is 0.900. The van der Waals surface area contributed by atoms with Crippen LogP contribution in [0.1, 0.15) is 25.7 Å². The van der Waals surface area contributed by atoms with Gasteiger partial charge in [0.2, 0.25) is 5.91 Å². The van der Waals surface area contributed by atoms with Crippen LogP contribution in [-0.2, 0) is 9.53 Å². The van der Waals surface area contributed by atoms with Crippen molar-refractivity contribution in [2.45, 2.75) is 37.9 Å². The Hall–Kier alpha value is -0.570. The number of epoxide rings is 1. The van der Waals surface area contributed by atoms with E-state index in [1.807, 2.05) is 4.90 Å². The standard InChI is InChI=1S/C10H15NO2/c12-10(7-2-1-3-7)11-5-4-8-9(6-11)13-8/h7-9H,1-6H2/t8-,9+/m1/s1. The third-order valence-corrected chi connectivity index (χ3v) is 3.54. The first-order chi connectivity index (χ1) is 6.34. The lowest BCUT2D eigenvalue weighted by Crippen LogP contribution is -2.44. The highest BCUT2D eigenvalue weighted by Crippen LogP contribution is 2.34. The van der Waals surface area contributed by atoms with Crippen molar-refractivity contribution in [3.8, 4) is 0 Å². The Balaban J connectivity index is 1.60. The number of carbonyl (C=O) groups is 1. The summed E-state index contributed by atoms with van der Waals surface area (Å²) in [6.45, 7) is 1.79. The lowest BCUT2D eigenvalue weighted by Gasteiger charge is -2.32. The van der Waals surface area contributed by atoms with E-state index in [0.29, 0.717) is 24.0 Å². The molecule has 2 atom stereocenters. The van der Waals surface area contributed by atoms with Crippen molar-refractivity contribution in [3.63, 3.8) is 0 Å². The number of piperidine rings is 1. The SMILES string of the molecule is O=C(C1CCC1)N1CC[C@H]2O[C@H]2C1. The lowest BCUT2D eigenvalue weighted by molar-refractivity contribution is -0.138. The average molecular weight is 181 g/mol. The zero-order valence-corrected chi connectivity index (χ0v) is 7.74. The average Bonchev–Trinajstić information content (AvgIpc) is 2.77. The topological polar surface area (TPSA) is 32.8 Å². The van der Waals surface area contributed by atoms with Crippen LogP contribution < -0.4 is 0 Å². The zero-order valence-electron chi connectivity index (χ0n) is 7.74. The van der Waals surface area contributed by atoms with E-state index in [2.05, 4.69) is 0 Å². The van der Waals surface area contributed by atoms with E-state index >= 15 is 0 Å². The molecule has 0 radical (unpaired) electrons. The van der Waals surface area contributed by atoms with Crippen LogP contribution in [-0.4, -0.2) is 36.1 Å². The Morgan fingerprint density at radius 3 is 2.69 bits per heavy atom. The first-order valence-electron chi connectivity index (χ1n) is 5.29. The van der Waals surface area contributed by atoms with Crippen LogP contribution in [0.3, 0.4) is 0 Å². The summed E-state index contributed by atoms with van der Waals surface area (Å²) in [5, 5.41) is 0. The van der Waals surface area contributed by atoms with Crippen LogP contribution in [0.4, 0.5) is 0 Å². The molecule has 3 aliphatic rings. The van der Waals surface area contributed by atoms with Crippen molar-refractivity contribution in [1.82, 2.24) is 4.90 Å². The van der Waals surface area contributed by atoms with E-state index in [1.165, 1.54) is 6.42 Å². The molecule has 0 aromatic carbocycles. The van der Waals surface area contributed by atoms with Crippen LogP contribution in [0.15, 0.2) is 0 Å². The lowest BCUT2D eigenvalue weighted by atomic mass is 9.84. The summed E-state index contributed by atoms with van der Waals surface area (Å²) in [6.07, 6.45) is 5.41. The van der Waals surface area contributed by atoms with Gasteiger partial charge in [0.25, 0.3) is 0 Å². The molecule has 3 nitrogen and oxygen atoms in total. The van der Waals surface area contributed by atoms with E-state index in [9.17, 15) is 4.79 Å². The van der Waals surface area contributed by atoms with E-state index in [4.69, 9.17) is 4.74 Å². The molecule has 1 amide bonds. The summed E-state index contributed by atoms with van der Waals surface area (Å²) in [7, 11) is 0. The molecular formula is C10H15NO2. The van der Waals surface area contributed by atoms with Gasteiger partial charge in [-0.3, -0.25) is 4.79 Å². The van der Waals surface area contributed by atoms with Gasteiger partial charge in [-0.25, -0.2) is 0 Å². The number of ether oxygens (including phenoxy) is 1. The summed E-state index contributed by atoms with van der Waals surface area (Å²) >= 11 is 0. The van der Waals surface area contributed by atoms with Gasteiger partial charge in [-0.15, -0.1) is 0 Å². The minimum Gasteiger partial charge on any atom is -0.368 e. The van der Waals surface area contributed by atoms with Crippen molar-refractivity contribution in [2.24, 2.45) is 5.92 Å². The maximum atomic E-state index is 11.8. The van der Waals surface area contributed by atoms with Crippen molar-refractivity contribution in [1.29, 1.82) is 0 Å². The van der Waals surface area contributed by atoms with Crippen molar-refractivity contribution in [3.05, 3.63) is 0 Å². The monoisotopic (exact) mass is 181 g/mol. The molecule has 0 unspecified atom stereocenters. The summed E-state index contributed by atoms with van der Waals surface area (Å²) in [6, 6.07) is 0. The molecule has 0 bridgehead atoms. The molecule has 1 aliphatic carbocycles. The Morgan fingerprint density at radius 2 is 2.08 bits per heavy atom. The van der Waals surface area contributed by atoms with E-state index in [1.54, 1.807) is 0 Å². The van der Waals surface area contributed by atoms with Crippen molar-refractivity contribution < 1.29 is 9.53 Å². The molecule has 3 fully saturated rings. The minimum atomic E-state index is 0.357. The Morgan fingerprint density at radius 1 is 1.23 bits per heavy atom. The largest absolute Gasteiger partial charge is 0.368 e. The molecule has 0 N–H and O–H groups in total. The van der Waals surface area contributed by atoms with Crippen LogP contribution in [0, 0.1) is 5.92 Å². The van der Waals surface area contributed by atoms with Gasteiger partial charge in [-0.05, 0) is 19.3 Å². The third kappa shape index (κ3) is 1.26. The molecule has 2 heterocycles. The van der Waals surface area contributed by atoms with Crippen molar-refractivity contribution in [2.75, 3.05) is 13.1 Å². The molecule has 3 heteroatoms. The number of hydrogen-bond acceptors (Lipinski definition) is 2. The van der Waals surface area contributed by atoms with Gasteiger partial charge in [-0.2, -0.15) is 0 Å².